The van der Waals surface area contributed by atoms with Crippen molar-refractivity contribution in [2.75, 3.05) is 0 Å². The fourth-order valence-corrected chi connectivity index (χ4v) is 4.02. The van der Waals surface area contributed by atoms with Crippen LogP contribution < -0.4 is 5.56 Å². The van der Waals surface area contributed by atoms with Gasteiger partial charge in [0.05, 0.1) is 5.02 Å². The first-order valence-corrected chi connectivity index (χ1v) is 10.4. The third-order valence-electron chi connectivity index (χ3n) is 4.82. The Morgan fingerprint density at radius 1 is 0.806 bits per heavy atom. The number of rotatable bonds is 3. The number of hydrogen-bond donors (Lipinski definition) is 1. The highest BCUT2D eigenvalue weighted by atomic mass is 35.5. The molecule has 8 heteroatoms. The molecule has 0 atom stereocenters. The van der Waals surface area contributed by atoms with Crippen molar-refractivity contribution in [3.05, 3.63) is 98.2 Å². The standard InChI is InChI=1S/C23H13Cl3N4O/c24-14-8-6-13(7-9-14)21-27-19-22(30(21)16-4-2-1-3-5-16)28-20(29-23(19)31)17-11-10-15(25)12-18(17)26/h1-12H,(H,28,29,31). The van der Waals surface area contributed by atoms with E-state index in [0.717, 1.165) is 11.3 Å². The predicted octanol–water partition coefficient (Wildman–Crippen LogP) is 6.40. The summed E-state index contributed by atoms with van der Waals surface area (Å²) in [5, 5.41) is 1.50. The second kappa shape index (κ2) is 7.85. The first kappa shape index (κ1) is 19.8. The summed E-state index contributed by atoms with van der Waals surface area (Å²) < 4.78 is 1.85. The lowest BCUT2D eigenvalue weighted by Crippen LogP contribution is -2.10. The molecule has 2 aromatic heterocycles. The smallest absolute Gasteiger partial charge is 0.279 e. The summed E-state index contributed by atoms with van der Waals surface area (Å²) in [4.78, 5) is 25.1. The zero-order valence-electron chi connectivity index (χ0n) is 15.8. The summed E-state index contributed by atoms with van der Waals surface area (Å²) in [5.41, 5.74) is 2.47. The fourth-order valence-electron chi connectivity index (χ4n) is 3.39. The highest BCUT2D eigenvalue weighted by Crippen LogP contribution is 2.31. The number of aromatic nitrogens is 4. The average molecular weight is 468 g/mol. The van der Waals surface area contributed by atoms with Gasteiger partial charge in [0.15, 0.2) is 11.2 Å². The maximum Gasteiger partial charge on any atom is 0.279 e. The molecule has 2 heterocycles. The summed E-state index contributed by atoms with van der Waals surface area (Å²) in [5.74, 6) is 0.911. The van der Waals surface area contributed by atoms with Gasteiger partial charge in [-0.15, -0.1) is 0 Å². The minimum absolute atomic E-state index is 0.225. The van der Waals surface area contributed by atoms with Gasteiger partial charge in [-0.25, -0.2) is 9.97 Å². The monoisotopic (exact) mass is 466 g/mol. The molecule has 0 bridgehead atoms. The van der Waals surface area contributed by atoms with Crippen LogP contribution in [-0.4, -0.2) is 19.5 Å². The van der Waals surface area contributed by atoms with E-state index in [1.807, 2.05) is 47.0 Å². The molecule has 5 nitrogen and oxygen atoms in total. The first-order valence-electron chi connectivity index (χ1n) is 9.31. The minimum Gasteiger partial charge on any atom is -0.304 e. The second-order valence-electron chi connectivity index (χ2n) is 6.82. The van der Waals surface area contributed by atoms with Crippen LogP contribution in [0.2, 0.25) is 15.1 Å². The van der Waals surface area contributed by atoms with E-state index in [0.29, 0.717) is 37.9 Å². The number of para-hydroxylation sites is 1. The van der Waals surface area contributed by atoms with E-state index in [9.17, 15) is 4.79 Å². The third-order valence-corrected chi connectivity index (χ3v) is 5.62. The van der Waals surface area contributed by atoms with Gasteiger partial charge in [-0.2, -0.15) is 0 Å². The summed E-state index contributed by atoms with van der Waals surface area (Å²) in [7, 11) is 0. The van der Waals surface area contributed by atoms with Crippen LogP contribution in [0.4, 0.5) is 0 Å². The number of hydrogen-bond acceptors (Lipinski definition) is 3. The summed E-state index contributed by atoms with van der Waals surface area (Å²) in [6.45, 7) is 0. The number of imidazole rings is 1. The van der Waals surface area contributed by atoms with Crippen LogP contribution in [0.15, 0.2) is 77.6 Å². The van der Waals surface area contributed by atoms with Crippen LogP contribution in [0, 0.1) is 0 Å². The average Bonchev–Trinajstić information content (AvgIpc) is 3.15. The maximum absolute atomic E-state index is 13.0. The molecule has 0 amide bonds. The Morgan fingerprint density at radius 2 is 1.52 bits per heavy atom. The number of fused-ring (bicyclic) bond motifs is 1. The molecule has 0 fully saturated rings. The molecule has 1 N–H and O–H groups in total. The van der Waals surface area contributed by atoms with Gasteiger partial charge in [-0.05, 0) is 54.6 Å². The van der Waals surface area contributed by atoms with Crippen LogP contribution in [0.5, 0.6) is 0 Å². The Bertz CT molecular complexity index is 1480. The predicted molar refractivity (Wildman–Crippen MR) is 125 cm³/mol. The van der Waals surface area contributed by atoms with E-state index >= 15 is 0 Å². The summed E-state index contributed by atoms with van der Waals surface area (Å²) in [6.07, 6.45) is 0. The first-order chi connectivity index (χ1) is 15.0. The molecule has 5 aromatic rings. The number of aromatic amines is 1. The number of H-pyrrole nitrogens is 1. The van der Waals surface area contributed by atoms with E-state index < -0.39 is 0 Å². The highest BCUT2D eigenvalue weighted by molar-refractivity contribution is 6.36. The molecular formula is C23H13Cl3N4O. The van der Waals surface area contributed by atoms with Gasteiger partial charge in [-0.3, -0.25) is 9.36 Å². The topological polar surface area (TPSA) is 63.6 Å². The third kappa shape index (κ3) is 3.61. The Balaban J connectivity index is 1.84. The van der Waals surface area contributed by atoms with Crippen molar-refractivity contribution in [2.45, 2.75) is 0 Å². The SMILES string of the molecule is O=c1[nH]c(-c2ccc(Cl)cc2Cl)nc2c1nc(-c1ccc(Cl)cc1)n2-c1ccccc1. The number of halogens is 3. The Kier molecular flexibility index (Phi) is 5.02. The van der Waals surface area contributed by atoms with Crippen LogP contribution in [0.1, 0.15) is 0 Å². The summed E-state index contributed by atoms with van der Waals surface area (Å²) >= 11 is 18.4. The summed E-state index contributed by atoms with van der Waals surface area (Å²) in [6, 6.07) is 21.9. The van der Waals surface area contributed by atoms with Crippen molar-refractivity contribution < 1.29 is 0 Å². The van der Waals surface area contributed by atoms with Crippen molar-refractivity contribution in [3.63, 3.8) is 0 Å². The van der Waals surface area contributed by atoms with Crippen molar-refractivity contribution >= 4 is 46.0 Å². The lowest BCUT2D eigenvalue weighted by atomic mass is 10.2. The molecule has 0 aliphatic heterocycles. The van der Waals surface area contributed by atoms with Crippen molar-refractivity contribution in [1.82, 2.24) is 19.5 Å². The highest BCUT2D eigenvalue weighted by Gasteiger charge is 2.20. The molecule has 3 aromatic carbocycles. The van der Waals surface area contributed by atoms with Crippen LogP contribution >= 0.6 is 34.8 Å². The zero-order chi connectivity index (χ0) is 21.5. The van der Waals surface area contributed by atoms with E-state index in [2.05, 4.69) is 9.97 Å². The Morgan fingerprint density at radius 3 is 2.23 bits per heavy atom. The Labute approximate surface area is 191 Å². The van der Waals surface area contributed by atoms with E-state index in [1.165, 1.54) is 0 Å². The Hall–Kier alpha value is -3.12. The largest absolute Gasteiger partial charge is 0.304 e. The van der Waals surface area contributed by atoms with Crippen molar-refractivity contribution in [1.29, 1.82) is 0 Å². The van der Waals surface area contributed by atoms with Gasteiger partial charge in [0.2, 0.25) is 0 Å². The van der Waals surface area contributed by atoms with Crippen molar-refractivity contribution in [2.24, 2.45) is 0 Å². The van der Waals surface area contributed by atoms with E-state index in [4.69, 9.17) is 39.8 Å². The van der Waals surface area contributed by atoms with Gasteiger partial charge in [-0.1, -0.05) is 53.0 Å². The quantitative estimate of drug-likeness (QED) is 0.334. The lowest BCUT2D eigenvalue weighted by molar-refractivity contribution is 1.07. The van der Waals surface area contributed by atoms with Crippen LogP contribution in [0.25, 0.3) is 39.6 Å². The number of nitrogens with zero attached hydrogens (tertiary/aromatic N) is 3. The van der Waals surface area contributed by atoms with Gasteiger partial charge in [0.25, 0.3) is 5.56 Å². The molecule has 0 spiro atoms. The molecule has 0 aliphatic rings. The molecule has 31 heavy (non-hydrogen) atoms. The maximum atomic E-state index is 13.0. The van der Waals surface area contributed by atoms with Gasteiger partial charge in [0, 0.05) is 26.9 Å². The molecule has 152 valence electrons. The van der Waals surface area contributed by atoms with E-state index in [1.54, 1.807) is 30.3 Å². The van der Waals surface area contributed by atoms with E-state index in [-0.39, 0.29) is 11.1 Å². The molecule has 0 radical (unpaired) electrons. The molecule has 0 aliphatic carbocycles. The van der Waals surface area contributed by atoms with Gasteiger partial charge < -0.3 is 4.98 Å². The van der Waals surface area contributed by atoms with Gasteiger partial charge >= 0.3 is 0 Å². The fraction of sp³-hybridized carbons (Fsp3) is 0. The second-order valence-corrected chi connectivity index (χ2v) is 8.10. The van der Waals surface area contributed by atoms with Crippen molar-refractivity contribution in [3.8, 4) is 28.5 Å². The normalized spacial score (nSPS) is 11.2. The zero-order valence-corrected chi connectivity index (χ0v) is 18.1. The molecular weight excluding hydrogens is 455 g/mol. The number of nitrogens with one attached hydrogen (secondary N) is 1. The molecule has 0 unspecified atom stereocenters. The lowest BCUT2D eigenvalue weighted by Gasteiger charge is -2.10. The van der Waals surface area contributed by atoms with Crippen LogP contribution in [-0.2, 0) is 0 Å². The van der Waals surface area contributed by atoms with Crippen LogP contribution in [0.3, 0.4) is 0 Å². The molecule has 0 saturated heterocycles. The molecule has 5 rings (SSSR count). The van der Waals surface area contributed by atoms with Gasteiger partial charge in [0.1, 0.15) is 11.6 Å². The minimum atomic E-state index is -0.365. The number of benzene rings is 3. The molecule has 0 saturated carbocycles.